The first-order valence-electron chi connectivity index (χ1n) is 8.13. The normalized spacial score (nSPS) is 31.7. The topological polar surface area (TPSA) is 179 Å². The van der Waals surface area contributed by atoms with Gasteiger partial charge >= 0.3 is 13.5 Å². The number of aromatic nitrogens is 2. The van der Waals surface area contributed by atoms with Crippen LogP contribution in [0.4, 0.5) is 5.82 Å². The molecule has 0 radical (unpaired) electrons. The minimum atomic E-state index is -4.47. The molecule has 27 heavy (non-hydrogen) atoms. The summed E-state index contributed by atoms with van der Waals surface area (Å²) in [6.45, 7) is 0.740. The van der Waals surface area contributed by atoms with Gasteiger partial charge in [0.05, 0.1) is 19.8 Å². The number of ether oxygens (including phenoxy) is 2. The van der Waals surface area contributed by atoms with Crippen LogP contribution in [0, 0.1) is 0 Å². The molecule has 0 bridgehead atoms. The fourth-order valence-electron chi connectivity index (χ4n) is 2.68. The fraction of sp³-hybridized carbons (Fsp3) is 0.692. The maximum atomic E-state index is 12.0. The summed E-state index contributed by atoms with van der Waals surface area (Å²) in [7, 11) is -4.47. The van der Waals surface area contributed by atoms with Crippen LogP contribution in [0.2, 0.25) is 0 Å². The van der Waals surface area contributed by atoms with Gasteiger partial charge in [-0.15, -0.1) is 0 Å². The van der Waals surface area contributed by atoms with Gasteiger partial charge in [-0.25, -0.2) is 9.36 Å². The highest BCUT2D eigenvalue weighted by atomic mass is 31.2. The smallest absolute Gasteiger partial charge is 0.387 e. The number of anilines is 1. The van der Waals surface area contributed by atoms with Gasteiger partial charge in [0.2, 0.25) is 0 Å². The van der Waals surface area contributed by atoms with E-state index in [9.17, 15) is 24.5 Å². The summed E-state index contributed by atoms with van der Waals surface area (Å²) in [6.07, 6.45) is -4.13. The number of phosphoric ester groups is 1. The number of phosphoric acid groups is 1. The zero-order chi connectivity index (χ0) is 19.6. The van der Waals surface area contributed by atoms with E-state index >= 15 is 0 Å². The van der Waals surface area contributed by atoms with E-state index in [2.05, 4.69) is 4.98 Å². The Morgan fingerprint density at radius 2 is 2.04 bits per heavy atom. The van der Waals surface area contributed by atoms with Crippen LogP contribution in [0.3, 0.4) is 0 Å². The lowest BCUT2D eigenvalue weighted by atomic mass is 10.1. The summed E-state index contributed by atoms with van der Waals surface area (Å²) in [6, 6.07) is 1.33. The van der Waals surface area contributed by atoms with Crippen LogP contribution >= 0.6 is 7.82 Å². The van der Waals surface area contributed by atoms with Crippen LogP contribution in [0.25, 0.3) is 0 Å². The van der Waals surface area contributed by atoms with Crippen molar-refractivity contribution < 1.29 is 38.3 Å². The van der Waals surface area contributed by atoms with Gasteiger partial charge in [-0.05, 0) is 6.07 Å². The molecular weight excluding hydrogens is 387 g/mol. The minimum Gasteiger partial charge on any atom is -0.387 e. The molecular formula is C13H21N4O9P. The molecule has 3 rings (SSSR count). The molecule has 2 saturated heterocycles. The Morgan fingerprint density at radius 3 is 2.70 bits per heavy atom. The molecule has 5 N–H and O–H groups in total. The number of nitrogens with two attached hydrogens (primary N) is 1. The van der Waals surface area contributed by atoms with Crippen molar-refractivity contribution in [1.29, 1.82) is 0 Å². The summed E-state index contributed by atoms with van der Waals surface area (Å²) in [5.74, 6) is -0.00866. The van der Waals surface area contributed by atoms with E-state index in [4.69, 9.17) is 24.4 Å². The van der Waals surface area contributed by atoms with E-state index in [1.807, 2.05) is 0 Å². The highest BCUT2D eigenvalue weighted by Crippen LogP contribution is 2.45. The number of morpholine rings is 1. The maximum Gasteiger partial charge on any atom is 0.489 e. The highest BCUT2D eigenvalue weighted by molar-refractivity contribution is 7.47. The largest absolute Gasteiger partial charge is 0.489 e. The standard InChI is InChI=1S/C13H21N4O9P/c14-9-1-2-17(13(20)15-9)12-11(19)10(18)8(25-12)7-24-27(21,22)26-16-3-5-23-6-4-16/h1-2,8,10-12,18-19H,3-7H2,(H,21,22)(H2,14,15,20)/t8-,10-,11-,12-/m1/s1. The van der Waals surface area contributed by atoms with Gasteiger partial charge < -0.3 is 30.3 Å². The van der Waals surface area contributed by atoms with Crippen LogP contribution < -0.4 is 11.4 Å². The zero-order valence-corrected chi connectivity index (χ0v) is 15.1. The van der Waals surface area contributed by atoms with Gasteiger partial charge in [-0.1, -0.05) is 0 Å². The van der Waals surface area contributed by atoms with Gasteiger partial charge in [0, 0.05) is 19.3 Å². The van der Waals surface area contributed by atoms with Crippen LogP contribution in [-0.4, -0.2) is 80.9 Å². The first kappa shape index (κ1) is 20.3. The average Bonchev–Trinajstić information content (AvgIpc) is 2.89. The lowest BCUT2D eigenvalue weighted by Gasteiger charge is -2.27. The average molecular weight is 408 g/mol. The molecule has 5 atom stereocenters. The molecule has 152 valence electrons. The Labute approximate surface area is 153 Å². The number of nitrogens with zero attached hydrogens (tertiary/aromatic N) is 3. The van der Waals surface area contributed by atoms with E-state index in [-0.39, 0.29) is 5.82 Å². The Balaban J connectivity index is 1.60. The fourth-order valence-corrected chi connectivity index (χ4v) is 3.52. The zero-order valence-electron chi connectivity index (χ0n) is 14.2. The molecule has 0 spiro atoms. The van der Waals surface area contributed by atoms with Gasteiger partial charge in [0.15, 0.2) is 6.23 Å². The Kier molecular flexibility index (Phi) is 6.25. The number of rotatable bonds is 6. The Morgan fingerprint density at radius 1 is 1.33 bits per heavy atom. The Hall–Kier alpha value is -1.41. The summed E-state index contributed by atoms with van der Waals surface area (Å²) >= 11 is 0. The first-order chi connectivity index (χ1) is 12.8. The monoisotopic (exact) mass is 408 g/mol. The second-order valence-electron chi connectivity index (χ2n) is 5.98. The summed E-state index contributed by atoms with van der Waals surface area (Å²) < 4.78 is 33.2. The van der Waals surface area contributed by atoms with E-state index in [1.165, 1.54) is 17.3 Å². The number of aliphatic hydroxyl groups is 2. The van der Waals surface area contributed by atoms with Crippen molar-refractivity contribution >= 4 is 13.6 Å². The van der Waals surface area contributed by atoms with Crippen molar-refractivity contribution in [3.05, 3.63) is 22.7 Å². The third kappa shape index (κ3) is 4.90. The van der Waals surface area contributed by atoms with Gasteiger partial charge in [-0.3, -0.25) is 9.09 Å². The van der Waals surface area contributed by atoms with Crippen molar-refractivity contribution in [3.63, 3.8) is 0 Å². The SMILES string of the molecule is Nc1ccn([C@@H]2O[C@H](COP(=O)(O)ON3CCOCC3)[C@@H](O)[C@H]2O)c(=O)n1. The van der Waals surface area contributed by atoms with Gasteiger partial charge in [-0.2, -0.15) is 14.7 Å². The third-order valence-electron chi connectivity index (χ3n) is 4.05. The molecule has 14 heteroatoms. The molecule has 0 amide bonds. The third-order valence-corrected chi connectivity index (χ3v) is 4.97. The van der Waals surface area contributed by atoms with Crippen molar-refractivity contribution in [2.75, 3.05) is 38.6 Å². The van der Waals surface area contributed by atoms with E-state index in [0.717, 1.165) is 4.57 Å². The van der Waals surface area contributed by atoms with Crippen LogP contribution in [-0.2, 0) is 23.2 Å². The maximum absolute atomic E-state index is 12.0. The van der Waals surface area contributed by atoms with Crippen molar-refractivity contribution in [2.24, 2.45) is 0 Å². The lowest BCUT2D eigenvalue weighted by molar-refractivity contribution is -0.139. The predicted molar refractivity (Wildman–Crippen MR) is 88.1 cm³/mol. The van der Waals surface area contributed by atoms with E-state index in [0.29, 0.717) is 26.3 Å². The number of hydrogen-bond donors (Lipinski definition) is 4. The van der Waals surface area contributed by atoms with Crippen LogP contribution in [0.15, 0.2) is 17.1 Å². The number of aliphatic hydroxyl groups excluding tert-OH is 2. The van der Waals surface area contributed by atoms with Crippen molar-refractivity contribution in [3.8, 4) is 0 Å². The lowest BCUT2D eigenvalue weighted by Crippen LogP contribution is -2.37. The van der Waals surface area contributed by atoms with Crippen LogP contribution in [0.5, 0.6) is 0 Å². The molecule has 3 heterocycles. The molecule has 2 fully saturated rings. The second-order valence-corrected chi connectivity index (χ2v) is 7.33. The molecule has 2 aliphatic heterocycles. The van der Waals surface area contributed by atoms with Gasteiger partial charge in [0.25, 0.3) is 0 Å². The molecule has 1 aromatic heterocycles. The second kappa shape index (κ2) is 8.31. The highest BCUT2D eigenvalue weighted by Gasteiger charge is 2.45. The molecule has 1 aromatic rings. The van der Waals surface area contributed by atoms with E-state index < -0.39 is 44.7 Å². The molecule has 1 unspecified atom stereocenters. The molecule has 0 aliphatic carbocycles. The minimum absolute atomic E-state index is 0.00866. The first-order valence-corrected chi connectivity index (χ1v) is 9.62. The van der Waals surface area contributed by atoms with E-state index in [1.54, 1.807) is 0 Å². The van der Waals surface area contributed by atoms with Crippen molar-refractivity contribution in [1.82, 2.24) is 14.6 Å². The number of nitrogen functional groups attached to an aromatic ring is 1. The molecule has 13 nitrogen and oxygen atoms in total. The number of hydroxylamine groups is 2. The quantitative estimate of drug-likeness (QED) is 0.375. The predicted octanol–water partition coefficient (Wildman–Crippen LogP) is -2.17. The molecule has 0 aromatic carbocycles. The molecule has 0 saturated carbocycles. The summed E-state index contributed by atoms with van der Waals surface area (Å²) in [5.41, 5.74) is 4.62. The van der Waals surface area contributed by atoms with Gasteiger partial charge in [0.1, 0.15) is 24.1 Å². The summed E-state index contributed by atoms with van der Waals surface area (Å²) in [5, 5.41) is 21.5. The van der Waals surface area contributed by atoms with Crippen LogP contribution in [0.1, 0.15) is 6.23 Å². The van der Waals surface area contributed by atoms with Crippen molar-refractivity contribution in [2.45, 2.75) is 24.5 Å². The Bertz CT molecular complexity index is 756. The molecule has 2 aliphatic rings. The summed E-state index contributed by atoms with van der Waals surface area (Å²) in [4.78, 5) is 25.2. The number of hydrogen-bond acceptors (Lipinski definition) is 11.